The van der Waals surface area contributed by atoms with E-state index in [0.717, 1.165) is 17.7 Å². The van der Waals surface area contributed by atoms with Crippen LogP contribution in [0, 0.1) is 6.92 Å². The van der Waals surface area contributed by atoms with Crippen LogP contribution in [-0.4, -0.2) is 31.4 Å². The molecule has 0 unspecified atom stereocenters. The van der Waals surface area contributed by atoms with Crippen LogP contribution in [0.1, 0.15) is 27.5 Å². The smallest absolute Gasteiger partial charge is 0.251 e. The van der Waals surface area contributed by atoms with Crippen molar-refractivity contribution in [3.05, 3.63) is 71.3 Å². The van der Waals surface area contributed by atoms with Crippen molar-refractivity contribution in [2.24, 2.45) is 0 Å². The van der Waals surface area contributed by atoms with Crippen LogP contribution >= 0.6 is 0 Å². The Labute approximate surface area is 126 Å². The number of aryl methyl sites for hydroxylation is 1. The third kappa shape index (κ3) is 4.43. The molecule has 3 nitrogen and oxygen atoms in total. The SMILES string of the molecule is Cc1ccc(C(=O)N[C@H](CN(C)C)c2ccccc2)cc1. The van der Waals surface area contributed by atoms with Crippen molar-refractivity contribution in [2.45, 2.75) is 13.0 Å². The molecular formula is C18H22N2O. The lowest BCUT2D eigenvalue weighted by Crippen LogP contribution is -2.35. The first-order valence-corrected chi connectivity index (χ1v) is 7.13. The number of carbonyl (C=O) groups excluding carboxylic acids is 1. The highest BCUT2D eigenvalue weighted by Crippen LogP contribution is 2.14. The third-order valence-corrected chi connectivity index (χ3v) is 3.37. The number of carbonyl (C=O) groups is 1. The van der Waals surface area contributed by atoms with Crippen molar-refractivity contribution in [1.82, 2.24) is 10.2 Å². The van der Waals surface area contributed by atoms with Crippen LogP contribution in [0.2, 0.25) is 0 Å². The Hall–Kier alpha value is -2.13. The molecule has 0 aromatic heterocycles. The van der Waals surface area contributed by atoms with Gasteiger partial charge in [-0.05, 0) is 38.7 Å². The van der Waals surface area contributed by atoms with E-state index in [1.807, 2.05) is 75.6 Å². The number of hydrogen-bond acceptors (Lipinski definition) is 2. The van der Waals surface area contributed by atoms with Gasteiger partial charge < -0.3 is 10.2 Å². The molecule has 0 aliphatic carbocycles. The Morgan fingerprint density at radius 3 is 2.24 bits per heavy atom. The van der Waals surface area contributed by atoms with Crippen molar-refractivity contribution in [1.29, 1.82) is 0 Å². The van der Waals surface area contributed by atoms with Crippen LogP contribution in [0.15, 0.2) is 54.6 Å². The predicted octanol–water partition coefficient (Wildman–Crippen LogP) is 3.03. The summed E-state index contributed by atoms with van der Waals surface area (Å²) in [6.07, 6.45) is 0. The number of amides is 1. The van der Waals surface area contributed by atoms with Gasteiger partial charge in [-0.3, -0.25) is 4.79 Å². The minimum Gasteiger partial charge on any atom is -0.344 e. The molecule has 0 bridgehead atoms. The van der Waals surface area contributed by atoms with Crippen molar-refractivity contribution in [2.75, 3.05) is 20.6 Å². The highest BCUT2D eigenvalue weighted by Gasteiger charge is 2.16. The van der Waals surface area contributed by atoms with E-state index in [0.29, 0.717) is 5.56 Å². The summed E-state index contributed by atoms with van der Waals surface area (Å²) >= 11 is 0. The minimum absolute atomic E-state index is 0.0185. The molecule has 0 aliphatic heterocycles. The van der Waals surface area contributed by atoms with Crippen molar-refractivity contribution < 1.29 is 4.79 Å². The maximum Gasteiger partial charge on any atom is 0.251 e. The van der Waals surface area contributed by atoms with Crippen LogP contribution in [0.5, 0.6) is 0 Å². The maximum atomic E-state index is 12.4. The highest BCUT2D eigenvalue weighted by molar-refractivity contribution is 5.94. The average Bonchev–Trinajstić information content (AvgIpc) is 2.47. The second kappa shape index (κ2) is 7.04. The number of benzene rings is 2. The number of likely N-dealkylation sites (N-methyl/N-ethyl adjacent to an activating group) is 1. The van der Waals surface area contributed by atoms with E-state index in [9.17, 15) is 4.79 Å². The molecular weight excluding hydrogens is 260 g/mol. The molecule has 1 N–H and O–H groups in total. The molecule has 0 saturated heterocycles. The van der Waals surface area contributed by atoms with Gasteiger partial charge in [-0.25, -0.2) is 0 Å². The minimum atomic E-state index is -0.0364. The molecule has 2 aromatic rings. The Kier molecular flexibility index (Phi) is 5.12. The quantitative estimate of drug-likeness (QED) is 0.914. The topological polar surface area (TPSA) is 32.3 Å². The summed E-state index contributed by atoms with van der Waals surface area (Å²) in [5.41, 5.74) is 2.96. The van der Waals surface area contributed by atoms with Crippen LogP contribution in [0.4, 0.5) is 0 Å². The normalized spacial score (nSPS) is 12.2. The van der Waals surface area contributed by atoms with Gasteiger partial charge in [0.25, 0.3) is 5.91 Å². The summed E-state index contributed by atoms with van der Waals surface area (Å²) in [7, 11) is 4.02. The van der Waals surface area contributed by atoms with Crippen LogP contribution in [0.3, 0.4) is 0 Å². The van der Waals surface area contributed by atoms with E-state index in [4.69, 9.17) is 0 Å². The molecule has 2 aromatic carbocycles. The predicted molar refractivity (Wildman–Crippen MR) is 86.4 cm³/mol. The largest absolute Gasteiger partial charge is 0.344 e. The fourth-order valence-corrected chi connectivity index (χ4v) is 2.23. The number of hydrogen-bond donors (Lipinski definition) is 1. The number of rotatable bonds is 5. The Balaban J connectivity index is 2.15. The summed E-state index contributed by atoms with van der Waals surface area (Å²) in [6, 6.07) is 17.7. The first kappa shape index (κ1) is 15.3. The van der Waals surface area contributed by atoms with E-state index < -0.39 is 0 Å². The Bertz CT molecular complexity index is 576. The summed E-state index contributed by atoms with van der Waals surface area (Å²) in [6.45, 7) is 2.78. The lowest BCUT2D eigenvalue weighted by atomic mass is 10.1. The van der Waals surface area contributed by atoms with Crippen molar-refractivity contribution >= 4 is 5.91 Å². The Morgan fingerprint density at radius 1 is 1.05 bits per heavy atom. The first-order chi connectivity index (χ1) is 10.1. The van der Waals surface area contributed by atoms with Gasteiger partial charge in [0.15, 0.2) is 0 Å². The van der Waals surface area contributed by atoms with Gasteiger partial charge in [0.2, 0.25) is 0 Å². The molecule has 0 aliphatic rings. The van der Waals surface area contributed by atoms with Gasteiger partial charge >= 0.3 is 0 Å². The van der Waals surface area contributed by atoms with Gasteiger partial charge in [-0.15, -0.1) is 0 Å². The summed E-state index contributed by atoms with van der Waals surface area (Å²) in [4.78, 5) is 14.5. The van der Waals surface area contributed by atoms with Crippen molar-refractivity contribution in [3.63, 3.8) is 0 Å². The van der Waals surface area contributed by atoms with Crippen molar-refractivity contribution in [3.8, 4) is 0 Å². The van der Waals surface area contributed by atoms with E-state index in [1.54, 1.807) is 0 Å². The van der Waals surface area contributed by atoms with Crippen LogP contribution < -0.4 is 5.32 Å². The zero-order chi connectivity index (χ0) is 15.2. The monoisotopic (exact) mass is 282 g/mol. The molecule has 0 heterocycles. The standard InChI is InChI=1S/C18H22N2O/c1-14-9-11-16(12-10-14)18(21)19-17(13-20(2)3)15-7-5-4-6-8-15/h4-12,17H,13H2,1-3H3,(H,19,21)/t17-/m1/s1. The molecule has 0 saturated carbocycles. The highest BCUT2D eigenvalue weighted by atomic mass is 16.1. The molecule has 0 radical (unpaired) electrons. The molecule has 1 atom stereocenters. The van der Waals surface area contributed by atoms with Crippen LogP contribution in [-0.2, 0) is 0 Å². The molecule has 1 amide bonds. The molecule has 0 fully saturated rings. The fourth-order valence-electron chi connectivity index (χ4n) is 2.23. The van der Waals surface area contributed by atoms with Gasteiger partial charge in [0, 0.05) is 12.1 Å². The second-order valence-corrected chi connectivity index (χ2v) is 5.56. The summed E-state index contributed by atoms with van der Waals surface area (Å²) < 4.78 is 0. The van der Waals surface area contributed by atoms with E-state index in [1.165, 1.54) is 0 Å². The maximum absolute atomic E-state index is 12.4. The zero-order valence-electron chi connectivity index (χ0n) is 12.8. The molecule has 3 heteroatoms. The van der Waals surface area contributed by atoms with Gasteiger partial charge in [0.1, 0.15) is 0 Å². The zero-order valence-corrected chi connectivity index (χ0v) is 12.8. The average molecular weight is 282 g/mol. The summed E-state index contributed by atoms with van der Waals surface area (Å²) in [5.74, 6) is -0.0364. The molecule has 0 spiro atoms. The molecule has 110 valence electrons. The van der Waals surface area contributed by atoms with Gasteiger partial charge in [-0.2, -0.15) is 0 Å². The van der Waals surface area contributed by atoms with Gasteiger partial charge in [-0.1, -0.05) is 48.0 Å². The van der Waals surface area contributed by atoms with E-state index in [2.05, 4.69) is 10.2 Å². The van der Waals surface area contributed by atoms with E-state index in [-0.39, 0.29) is 11.9 Å². The first-order valence-electron chi connectivity index (χ1n) is 7.13. The molecule has 2 rings (SSSR count). The van der Waals surface area contributed by atoms with E-state index >= 15 is 0 Å². The van der Waals surface area contributed by atoms with Crippen LogP contribution in [0.25, 0.3) is 0 Å². The number of nitrogens with one attached hydrogen (secondary N) is 1. The molecule has 21 heavy (non-hydrogen) atoms. The second-order valence-electron chi connectivity index (χ2n) is 5.56. The Morgan fingerprint density at radius 2 is 1.67 bits per heavy atom. The lowest BCUT2D eigenvalue weighted by Gasteiger charge is -2.23. The fraction of sp³-hybridized carbons (Fsp3) is 0.278. The summed E-state index contributed by atoms with van der Waals surface area (Å²) in [5, 5.41) is 3.12. The number of nitrogens with zero attached hydrogens (tertiary/aromatic N) is 1. The van der Waals surface area contributed by atoms with Gasteiger partial charge in [0.05, 0.1) is 6.04 Å². The third-order valence-electron chi connectivity index (χ3n) is 3.37. The lowest BCUT2D eigenvalue weighted by molar-refractivity contribution is 0.0930.